The van der Waals surface area contributed by atoms with Crippen LogP contribution in [0, 0.1) is 6.92 Å². The summed E-state index contributed by atoms with van der Waals surface area (Å²) in [6.45, 7) is 3.04. The fourth-order valence-corrected chi connectivity index (χ4v) is 1.54. The van der Waals surface area contributed by atoms with Crippen LogP contribution in [-0.2, 0) is 5.54 Å². The lowest BCUT2D eigenvalue weighted by molar-refractivity contribution is 0.0620. The van der Waals surface area contributed by atoms with Gasteiger partial charge in [0.15, 0.2) is 0 Å². The number of alkyl halides is 2. The summed E-state index contributed by atoms with van der Waals surface area (Å²) in [7, 11) is 1.50. The quantitative estimate of drug-likeness (QED) is 0.840. The summed E-state index contributed by atoms with van der Waals surface area (Å²) in [5.74, 6) is 0.574. The third kappa shape index (κ3) is 2.09. The molecule has 1 atom stereocenters. The minimum Gasteiger partial charge on any atom is -0.496 e. The summed E-state index contributed by atoms with van der Waals surface area (Å²) >= 11 is 0. The number of hydrogen-bond acceptors (Lipinski definition) is 2. The number of ether oxygens (including phenoxy) is 1. The summed E-state index contributed by atoms with van der Waals surface area (Å²) in [5, 5.41) is 0. The van der Waals surface area contributed by atoms with Crippen molar-refractivity contribution in [1.29, 1.82) is 0 Å². The summed E-state index contributed by atoms with van der Waals surface area (Å²) < 4.78 is 30.6. The molecule has 84 valence electrons. The Kier molecular flexibility index (Phi) is 3.29. The number of nitrogens with two attached hydrogens (primary N) is 1. The van der Waals surface area contributed by atoms with E-state index in [9.17, 15) is 8.78 Å². The van der Waals surface area contributed by atoms with E-state index in [0.29, 0.717) is 16.9 Å². The molecule has 0 aliphatic carbocycles. The number of halogens is 2. The second-order valence-corrected chi connectivity index (χ2v) is 3.72. The van der Waals surface area contributed by atoms with Gasteiger partial charge in [-0.1, -0.05) is 12.1 Å². The van der Waals surface area contributed by atoms with Crippen molar-refractivity contribution < 1.29 is 13.5 Å². The molecular weight excluding hydrogens is 200 g/mol. The van der Waals surface area contributed by atoms with Crippen LogP contribution in [0.1, 0.15) is 18.1 Å². The van der Waals surface area contributed by atoms with E-state index in [4.69, 9.17) is 10.5 Å². The third-order valence-electron chi connectivity index (χ3n) is 2.54. The van der Waals surface area contributed by atoms with Gasteiger partial charge in [-0.15, -0.1) is 0 Å². The topological polar surface area (TPSA) is 35.2 Å². The predicted molar refractivity (Wildman–Crippen MR) is 55.3 cm³/mol. The predicted octanol–water partition coefficient (Wildman–Crippen LogP) is 2.44. The Hall–Kier alpha value is -1.16. The Labute approximate surface area is 88.0 Å². The molecule has 1 aromatic carbocycles. The minimum atomic E-state index is -2.61. The molecule has 0 fully saturated rings. The zero-order valence-electron chi connectivity index (χ0n) is 9.05. The lowest BCUT2D eigenvalue weighted by Gasteiger charge is -2.26. The summed E-state index contributed by atoms with van der Waals surface area (Å²) in [6, 6.07) is 4.99. The number of benzene rings is 1. The molecule has 0 saturated carbocycles. The second kappa shape index (κ2) is 4.14. The normalized spacial score (nSPS) is 15.1. The Morgan fingerprint density at radius 1 is 1.40 bits per heavy atom. The van der Waals surface area contributed by atoms with E-state index in [0.717, 1.165) is 0 Å². The fourth-order valence-electron chi connectivity index (χ4n) is 1.54. The second-order valence-electron chi connectivity index (χ2n) is 3.72. The van der Waals surface area contributed by atoms with Crippen molar-refractivity contribution in [1.82, 2.24) is 0 Å². The summed E-state index contributed by atoms with van der Waals surface area (Å²) in [5.41, 5.74) is 5.03. The van der Waals surface area contributed by atoms with Gasteiger partial charge >= 0.3 is 0 Å². The van der Waals surface area contributed by atoms with E-state index >= 15 is 0 Å². The molecule has 0 radical (unpaired) electrons. The number of hydrogen-bond donors (Lipinski definition) is 1. The maximum absolute atomic E-state index is 12.7. The minimum absolute atomic E-state index is 0.414. The van der Waals surface area contributed by atoms with E-state index < -0.39 is 12.0 Å². The Balaban J connectivity index is 3.26. The average Bonchev–Trinajstić information content (AvgIpc) is 2.17. The van der Waals surface area contributed by atoms with E-state index in [2.05, 4.69) is 0 Å². The molecule has 4 heteroatoms. The smallest absolute Gasteiger partial charge is 0.260 e. The van der Waals surface area contributed by atoms with Gasteiger partial charge in [0.1, 0.15) is 11.3 Å². The maximum Gasteiger partial charge on any atom is 0.260 e. The Bertz CT molecular complexity index is 350. The highest BCUT2D eigenvalue weighted by Gasteiger charge is 2.34. The van der Waals surface area contributed by atoms with Crippen molar-refractivity contribution in [3.63, 3.8) is 0 Å². The molecule has 2 nitrogen and oxygen atoms in total. The molecule has 0 saturated heterocycles. The standard InChI is InChI=1S/C11H15F2NO/c1-7-8(11(2,14)10(12)13)5-4-6-9(7)15-3/h4-6,10H,14H2,1-3H3. The summed E-state index contributed by atoms with van der Waals surface area (Å²) in [4.78, 5) is 0. The van der Waals surface area contributed by atoms with Gasteiger partial charge < -0.3 is 10.5 Å². The highest BCUT2D eigenvalue weighted by atomic mass is 19.3. The molecule has 15 heavy (non-hydrogen) atoms. The monoisotopic (exact) mass is 215 g/mol. The molecule has 1 rings (SSSR count). The van der Waals surface area contributed by atoms with Crippen molar-refractivity contribution in [2.24, 2.45) is 5.73 Å². The lowest BCUT2D eigenvalue weighted by Crippen LogP contribution is -2.41. The third-order valence-corrected chi connectivity index (χ3v) is 2.54. The van der Waals surface area contributed by atoms with Gasteiger partial charge in [-0.3, -0.25) is 0 Å². The largest absolute Gasteiger partial charge is 0.496 e. The number of rotatable bonds is 3. The van der Waals surface area contributed by atoms with Gasteiger partial charge in [-0.2, -0.15) is 0 Å². The molecule has 0 amide bonds. The number of methoxy groups -OCH3 is 1. The van der Waals surface area contributed by atoms with Crippen LogP contribution in [0.3, 0.4) is 0 Å². The van der Waals surface area contributed by atoms with Gasteiger partial charge in [0.2, 0.25) is 0 Å². The first-order chi connectivity index (χ1) is 6.91. The first kappa shape index (κ1) is 11.9. The van der Waals surface area contributed by atoms with E-state index in [-0.39, 0.29) is 0 Å². The van der Waals surface area contributed by atoms with Crippen LogP contribution in [0.5, 0.6) is 5.75 Å². The Morgan fingerprint density at radius 2 is 2.00 bits per heavy atom. The SMILES string of the molecule is COc1cccc(C(C)(N)C(F)F)c1C. The molecular formula is C11H15F2NO. The van der Waals surface area contributed by atoms with Gasteiger partial charge in [0.25, 0.3) is 6.43 Å². The van der Waals surface area contributed by atoms with Crippen LogP contribution in [0.25, 0.3) is 0 Å². The average molecular weight is 215 g/mol. The van der Waals surface area contributed by atoms with Crippen LogP contribution < -0.4 is 10.5 Å². The van der Waals surface area contributed by atoms with E-state index in [1.54, 1.807) is 25.1 Å². The molecule has 0 heterocycles. The highest BCUT2D eigenvalue weighted by molar-refractivity contribution is 5.42. The van der Waals surface area contributed by atoms with Crippen molar-refractivity contribution in [3.8, 4) is 5.75 Å². The zero-order valence-corrected chi connectivity index (χ0v) is 9.05. The highest BCUT2D eigenvalue weighted by Crippen LogP contribution is 2.31. The molecule has 0 bridgehead atoms. The molecule has 1 unspecified atom stereocenters. The molecule has 0 aliphatic rings. The van der Waals surface area contributed by atoms with E-state index in [1.165, 1.54) is 14.0 Å². The molecule has 1 aromatic rings. The van der Waals surface area contributed by atoms with Gasteiger partial charge in [0, 0.05) is 0 Å². The van der Waals surface area contributed by atoms with E-state index in [1.807, 2.05) is 0 Å². The molecule has 0 aliphatic heterocycles. The van der Waals surface area contributed by atoms with Crippen LogP contribution in [0.2, 0.25) is 0 Å². The van der Waals surface area contributed by atoms with Crippen molar-refractivity contribution in [2.75, 3.05) is 7.11 Å². The molecule has 2 N–H and O–H groups in total. The van der Waals surface area contributed by atoms with Crippen molar-refractivity contribution in [3.05, 3.63) is 29.3 Å². The van der Waals surface area contributed by atoms with Crippen LogP contribution >= 0.6 is 0 Å². The molecule has 0 aromatic heterocycles. The molecule has 0 spiro atoms. The summed E-state index contributed by atoms with van der Waals surface area (Å²) in [6.07, 6.45) is -2.61. The van der Waals surface area contributed by atoms with Crippen molar-refractivity contribution >= 4 is 0 Å². The van der Waals surface area contributed by atoms with Gasteiger partial charge in [-0.05, 0) is 31.0 Å². The van der Waals surface area contributed by atoms with Gasteiger partial charge in [0.05, 0.1) is 7.11 Å². The van der Waals surface area contributed by atoms with Gasteiger partial charge in [-0.25, -0.2) is 8.78 Å². The van der Waals surface area contributed by atoms with Crippen LogP contribution in [-0.4, -0.2) is 13.5 Å². The van der Waals surface area contributed by atoms with Crippen LogP contribution in [0.15, 0.2) is 18.2 Å². The first-order valence-electron chi connectivity index (χ1n) is 4.62. The zero-order chi connectivity index (χ0) is 11.6. The van der Waals surface area contributed by atoms with Crippen molar-refractivity contribution in [2.45, 2.75) is 25.8 Å². The fraction of sp³-hybridized carbons (Fsp3) is 0.455. The first-order valence-corrected chi connectivity index (χ1v) is 4.62. The maximum atomic E-state index is 12.7. The van der Waals surface area contributed by atoms with Crippen LogP contribution in [0.4, 0.5) is 8.78 Å². The Morgan fingerprint density at radius 3 is 2.47 bits per heavy atom. The lowest BCUT2D eigenvalue weighted by atomic mass is 9.89.